The third-order valence-electron chi connectivity index (χ3n) is 2.85. The largest absolute Gasteiger partial charge is 0.396 e. The van der Waals surface area contributed by atoms with Crippen molar-refractivity contribution in [2.24, 2.45) is 5.92 Å². The fraction of sp³-hybridized carbons (Fsp3) is 0.556. The minimum atomic E-state index is -0.477. The summed E-state index contributed by atoms with van der Waals surface area (Å²) in [5.74, 6) is 0.162. The molecule has 1 aromatic rings. The molecule has 0 amide bonds. The Morgan fingerprint density at radius 2 is 2.25 bits per heavy atom. The second-order valence-corrected chi connectivity index (χ2v) is 3.79. The molecular weight excluding hydrogens is 212 g/mol. The van der Waals surface area contributed by atoms with E-state index < -0.39 is 5.69 Å². The molecule has 16 heavy (non-hydrogen) atoms. The first-order valence-corrected chi connectivity index (χ1v) is 5.01. The Balaban J connectivity index is 2.23. The van der Waals surface area contributed by atoms with Crippen LogP contribution in [0.25, 0.3) is 0 Å². The van der Waals surface area contributed by atoms with Crippen molar-refractivity contribution in [1.29, 1.82) is 0 Å². The average Bonchev–Trinajstić information content (AvgIpc) is 2.21. The first-order valence-electron chi connectivity index (χ1n) is 5.01. The molecule has 2 rings (SSSR count). The third-order valence-corrected chi connectivity index (χ3v) is 2.85. The molecule has 7 nitrogen and oxygen atoms in total. The van der Waals surface area contributed by atoms with E-state index in [1.165, 1.54) is 16.9 Å². The molecule has 0 radical (unpaired) electrons. The number of nitrogens with two attached hydrogens (primary N) is 1. The molecular formula is C9H14N4O3. The monoisotopic (exact) mass is 226 g/mol. The van der Waals surface area contributed by atoms with Crippen LogP contribution in [0.1, 0.15) is 0 Å². The molecule has 1 aliphatic heterocycles. The molecule has 0 saturated carbocycles. The molecule has 0 bridgehead atoms. The quantitative estimate of drug-likeness (QED) is 0.537. The van der Waals surface area contributed by atoms with E-state index in [-0.39, 0.29) is 31.0 Å². The Morgan fingerprint density at radius 3 is 2.81 bits per heavy atom. The maximum absolute atomic E-state index is 11.5. The number of rotatable bonds is 3. The SMILES string of the molecule is Nc1ccn(N2C[C@H](CO)[C@H]2CO)c(=O)n1. The zero-order chi connectivity index (χ0) is 11.7. The molecule has 0 aromatic carbocycles. The standard InChI is InChI=1S/C9H14N4O3/c10-8-1-2-12(9(16)11-8)13-3-6(4-14)7(13)5-15/h1-2,6-7,14-15H,3-5H2,(H2,10,11,16)/t6-,7-/m1/s1. The second-order valence-electron chi connectivity index (χ2n) is 3.79. The maximum atomic E-state index is 11.5. The van der Waals surface area contributed by atoms with Crippen LogP contribution in [0.15, 0.2) is 17.1 Å². The van der Waals surface area contributed by atoms with Crippen LogP contribution >= 0.6 is 0 Å². The topological polar surface area (TPSA) is 105 Å². The number of aliphatic hydroxyl groups is 2. The minimum Gasteiger partial charge on any atom is -0.396 e. The molecule has 0 spiro atoms. The van der Waals surface area contributed by atoms with Gasteiger partial charge in [-0.15, -0.1) is 0 Å². The molecule has 2 atom stereocenters. The predicted octanol–water partition coefficient (Wildman–Crippen LogP) is -2.25. The number of nitrogen functional groups attached to an aromatic ring is 1. The van der Waals surface area contributed by atoms with Gasteiger partial charge in [-0.25, -0.2) is 9.47 Å². The molecule has 7 heteroatoms. The van der Waals surface area contributed by atoms with E-state index in [1.807, 2.05) is 0 Å². The molecule has 1 saturated heterocycles. The molecule has 0 aliphatic carbocycles. The van der Waals surface area contributed by atoms with Gasteiger partial charge in [-0.05, 0) is 6.07 Å². The highest BCUT2D eigenvalue weighted by Gasteiger charge is 2.38. The summed E-state index contributed by atoms with van der Waals surface area (Å²) in [5.41, 5.74) is 4.90. The smallest absolute Gasteiger partial charge is 0.368 e. The summed E-state index contributed by atoms with van der Waals surface area (Å²) in [6.07, 6.45) is 1.51. The van der Waals surface area contributed by atoms with Crippen molar-refractivity contribution in [3.05, 3.63) is 22.7 Å². The van der Waals surface area contributed by atoms with E-state index >= 15 is 0 Å². The normalized spacial score (nSPS) is 24.2. The van der Waals surface area contributed by atoms with Crippen LogP contribution in [-0.2, 0) is 0 Å². The van der Waals surface area contributed by atoms with Gasteiger partial charge < -0.3 is 21.0 Å². The fourth-order valence-electron chi connectivity index (χ4n) is 1.88. The van der Waals surface area contributed by atoms with Gasteiger partial charge in [0.15, 0.2) is 0 Å². The van der Waals surface area contributed by atoms with Crippen molar-refractivity contribution in [2.45, 2.75) is 6.04 Å². The van der Waals surface area contributed by atoms with Gasteiger partial charge >= 0.3 is 5.69 Å². The summed E-state index contributed by atoms with van der Waals surface area (Å²) in [6, 6.07) is 1.27. The van der Waals surface area contributed by atoms with Crippen LogP contribution in [0.2, 0.25) is 0 Å². The van der Waals surface area contributed by atoms with Crippen molar-refractivity contribution in [3.63, 3.8) is 0 Å². The van der Waals surface area contributed by atoms with Gasteiger partial charge in [0.2, 0.25) is 0 Å². The van der Waals surface area contributed by atoms with Gasteiger partial charge in [0, 0.05) is 25.3 Å². The Kier molecular flexibility index (Phi) is 2.80. The van der Waals surface area contributed by atoms with Gasteiger partial charge in [0.1, 0.15) is 5.82 Å². The van der Waals surface area contributed by atoms with E-state index in [9.17, 15) is 4.79 Å². The van der Waals surface area contributed by atoms with E-state index in [2.05, 4.69) is 4.98 Å². The Hall–Kier alpha value is -1.60. The number of anilines is 1. The summed E-state index contributed by atoms with van der Waals surface area (Å²) < 4.78 is 1.31. The average molecular weight is 226 g/mol. The molecule has 1 fully saturated rings. The van der Waals surface area contributed by atoms with Gasteiger partial charge in [0.05, 0.1) is 12.6 Å². The summed E-state index contributed by atoms with van der Waals surface area (Å²) >= 11 is 0. The number of aromatic nitrogens is 2. The van der Waals surface area contributed by atoms with E-state index in [4.69, 9.17) is 15.9 Å². The maximum Gasteiger partial charge on any atom is 0.368 e. The van der Waals surface area contributed by atoms with Crippen LogP contribution in [0.5, 0.6) is 0 Å². The summed E-state index contributed by atoms with van der Waals surface area (Å²) in [6.45, 7) is 0.411. The zero-order valence-corrected chi connectivity index (χ0v) is 8.65. The van der Waals surface area contributed by atoms with Crippen molar-refractivity contribution in [2.75, 3.05) is 30.5 Å². The lowest BCUT2D eigenvalue weighted by Gasteiger charge is -2.47. The highest BCUT2D eigenvalue weighted by molar-refractivity contribution is 5.24. The third kappa shape index (κ3) is 1.63. The van der Waals surface area contributed by atoms with Crippen LogP contribution in [0.3, 0.4) is 0 Å². The lowest BCUT2D eigenvalue weighted by Crippen LogP contribution is -2.66. The van der Waals surface area contributed by atoms with Gasteiger partial charge in [-0.3, -0.25) is 0 Å². The number of aliphatic hydroxyl groups excluding tert-OH is 2. The highest BCUT2D eigenvalue weighted by Crippen LogP contribution is 2.21. The van der Waals surface area contributed by atoms with Crippen molar-refractivity contribution >= 4 is 5.82 Å². The van der Waals surface area contributed by atoms with Crippen LogP contribution in [0, 0.1) is 5.92 Å². The van der Waals surface area contributed by atoms with Crippen LogP contribution in [0.4, 0.5) is 5.82 Å². The fourth-order valence-corrected chi connectivity index (χ4v) is 1.88. The van der Waals surface area contributed by atoms with Crippen molar-refractivity contribution in [3.8, 4) is 0 Å². The van der Waals surface area contributed by atoms with E-state index in [0.29, 0.717) is 6.54 Å². The molecule has 1 aromatic heterocycles. The number of hydrogen-bond donors (Lipinski definition) is 3. The van der Waals surface area contributed by atoms with E-state index in [0.717, 1.165) is 0 Å². The van der Waals surface area contributed by atoms with Gasteiger partial charge in [0.25, 0.3) is 0 Å². The molecule has 0 unspecified atom stereocenters. The van der Waals surface area contributed by atoms with Crippen molar-refractivity contribution < 1.29 is 10.2 Å². The Bertz CT molecular complexity index is 433. The van der Waals surface area contributed by atoms with E-state index in [1.54, 1.807) is 5.01 Å². The lowest BCUT2D eigenvalue weighted by molar-refractivity contribution is 0.0873. The summed E-state index contributed by atoms with van der Waals surface area (Å²) in [7, 11) is 0. The Morgan fingerprint density at radius 1 is 1.50 bits per heavy atom. The number of hydrogen-bond acceptors (Lipinski definition) is 6. The van der Waals surface area contributed by atoms with Gasteiger partial charge in [-0.2, -0.15) is 4.98 Å². The minimum absolute atomic E-state index is 0.00111. The molecule has 1 aliphatic rings. The van der Waals surface area contributed by atoms with Crippen molar-refractivity contribution in [1.82, 2.24) is 9.66 Å². The first-order chi connectivity index (χ1) is 7.67. The van der Waals surface area contributed by atoms with Crippen LogP contribution < -0.4 is 16.4 Å². The highest BCUT2D eigenvalue weighted by atomic mass is 16.3. The summed E-state index contributed by atoms with van der Waals surface area (Å²) in [5, 5.41) is 19.8. The zero-order valence-electron chi connectivity index (χ0n) is 8.65. The lowest BCUT2D eigenvalue weighted by atomic mass is 9.92. The summed E-state index contributed by atoms with van der Waals surface area (Å²) in [4.78, 5) is 15.1. The predicted molar refractivity (Wildman–Crippen MR) is 57.4 cm³/mol. The van der Waals surface area contributed by atoms with Crippen LogP contribution in [-0.4, -0.2) is 45.7 Å². The Labute approximate surface area is 91.7 Å². The van der Waals surface area contributed by atoms with Gasteiger partial charge in [-0.1, -0.05) is 0 Å². The first kappa shape index (κ1) is 10.9. The molecule has 4 N–H and O–H groups in total. The molecule has 2 heterocycles. The second kappa shape index (κ2) is 4.11. The molecule has 88 valence electrons. The number of nitrogens with zero attached hydrogens (tertiary/aromatic N) is 3.